The van der Waals surface area contributed by atoms with E-state index in [1.165, 1.54) is 30.3 Å². The molecule has 7 N–H and O–H groups in total. The molecular weight excluding hydrogens is 400 g/mol. The quantitative estimate of drug-likeness (QED) is 0.324. The van der Waals surface area contributed by atoms with E-state index in [0.717, 1.165) is 0 Å². The topological polar surface area (TPSA) is 169 Å². The van der Waals surface area contributed by atoms with Gasteiger partial charge in [-0.15, -0.1) is 0 Å². The van der Waals surface area contributed by atoms with Gasteiger partial charge in [0.25, 0.3) is 0 Å². The van der Waals surface area contributed by atoms with Crippen molar-refractivity contribution in [2.24, 2.45) is 0 Å². The van der Waals surface area contributed by atoms with E-state index in [1.54, 1.807) is 0 Å². The first-order chi connectivity index (χ1) is 14.3. The van der Waals surface area contributed by atoms with E-state index in [9.17, 15) is 35.7 Å². The van der Waals surface area contributed by atoms with E-state index >= 15 is 0 Å². The summed E-state index contributed by atoms with van der Waals surface area (Å²) >= 11 is 0. The third-order valence-electron chi connectivity index (χ3n) is 5.25. The summed E-state index contributed by atoms with van der Waals surface area (Å²) in [6.45, 7) is -0.504. The van der Waals surface area contributed by atoms with E-state index in [0.29, 0.717) is 11.1 Å². The molecule has 2 aromatic carbocycles. The standard InChI is InChI=1S/C20H22O10/c21-7-16-17(26)18(27)20(30-16)28-9-4-12(23)10-6-14(25)19(29-15(10)5-9)8-1-2-11(22)13(24)3-8/h1-5,14,16-27H,6-7H2/t14-,16-,17-,18+,19+,20-/m0/s1. The fourth-order valence-corrected chi connectivity index (χ4v) is 3.62. The second-order valence-corrected chi connectivity index (χ2v) is 7.30. The average molecular weight is 422 g/mol. The monoisotopic (exact) mass is 422 g/mol. The van der Waals surface area contributed by atoms with Gasteiger partial charge in [-0.05, 0) is 17.7 Å². The molecule has 0 bridgehead atoms. The van der Waals surface area contributed by atoms with Crippen LogP contribution in [0.2, 0.25) is 0 Å². The lowest BCUT2D eigenvalue weighted by Crippen LogP contribution is -2.35. The number of phenols is 3. The van der Waals surface area contributed by atoms with Crippen molar-refractivity contribution >= 4 is 0 Å². The third-order valence-corrected chi connectivity index (χ3v) is 5.25. The zero-order valence-corrected chi connectivity index (χ0v) is 15.6. The minimum Gasteiger partial charge on any atom is -0.507 e. The predicted octanol–water partition coefficient (Wildman–Crippen LogP) is -0.342. The van der Waals surface area contributed by atoms with E-state index in [-0.39, 0.29) is 35.2 Å². The first-order valence-electron chi connectivity index (χ1n) is 9.30. The normalized spacial score (nSPS) is 30.5. The van der Waals surface area contributed by atoms with Crippen LogP contribution < -0.4 is 9.47 Å². The SMILES string of the molecule is OC[C@@H]1O[C@H](Oc2cc(O)c3c(c2)O[C@H](c2ccc(O)c(O)c2)[C@@H](O)C3)[C@H](O)[C@H]1O. The van der Waals surface area contributed by atoms with E-state index in [2.05, 4.69) is 0 Å². The second kappa shape index (κ2) is 7.82. The molecule has 2 aromatic rings. The fourth-order valence-electron chi connectivity index (χ4n) is 3.62. The number of aromatic hydroxyl groups is 3. The van der Waals surface area contributed by atoms with Gasteiger partial charge in [-0.1, -0.05) is 6.07 Å². The first-order valence-corrected chi connectivity index (χ1v) is 9.30. The van der Waals surface area contributed by atoms with Crippen LogP contribution in [0.5, 0.6) is 28.7 Å². The molecule has 0 saturated carbocycles. The summed E-state index contributed by atoms with van der Waals surface area (Å²) in [5, 5.41) is 69.0. The molecule has 162 valence electrons. The number of hydrogen-bond acceptors (Lipinski definition) is 10. The fraction of sp³-hybridized carbons (Fsp3) is 0.400. The molecule has 0 spiro atoms. The molecule has 0 unspecified atom stereocenters. The number of benzene rings is 2. The lowest BCUT2D eigenvalue weighted by atomic mass is 9.94. The lowest BCUT2D eigenvalue weighted by Gasteiger charge is -2.32. The van der Waals surface area contributed by atoms with Gasteiger partial charge < -0.3 is 50.0 Å². The molecule has 10 heteroatoms. The Morgan fingerprint density at radius 2 is 1.70 bits per heavy atom. The molecule has 30 heavy (non-hydrogen) atoms. The summed E-state index contributed by atoms with van der Waals surface area (Å²) in [4.78, 5) is 0. The van der Waals surface area contributed by atoms with Gasteiger partial charge in [0.2, 0.25) is 6.29 Å². The van der Waals surface area contributed by atoms with Gasteiger partial charge >= 0.3 is 0 Å². The number of rotatable bonds is 4. The van der Waals surface area contributed by atoms with Crippen LogP contribution in [0.1, 0.15) is 17.2 Å². The largest absolute Gasteiger partial charge is 0.507 e. The van der Waals surface area contributed by atoms with Crippen molar-refractivity contribution < 1.29 is 50.0 Å². The van der Waals surface area contributed by atoms with Crippen molar-refractivity contribution in [2.45, 2.75) is 43.2 Å². The highest BCUT2D eigenvalue weighted by Gasteiger charge is 2.44. The summed E-state index contributed by atoms with van der Waals surface area (Å²) in [6, 6.07) is 6.73. The number of aliphatic hydroxyl groups is 4. The van der Waals surface area contributed by atoms with Gasteiger partial charge in [0.15, 0.2) is 11.5 Å². The number of fused-ring (bicyclic) bond motifs is 1. The average Bonchev–Trinajstić information content (AvgIpc) is 2.98. The molecule has 6 atom stereocenters. The molecule has 1 saturated heterocycles. The zero-order chi connectivity index (χ0) is 21.6. The van der Waals surface area contributed by atoms with Crippen molar-refractivity contribution in [1.29, 1.82) is 0 Å². The van der Waals surface area contributed by atoms with Crippen LogP contribution in [0.25, 0.3) is 0 Å². The zero-order valence-electron chi connectivity index (χ0n) is 15.6. The Morgan fingerprint density at radius 3 is 2.37 bits per heavy atom. The molecule has 0 radical (unpaired) electrons. The number of phenolic OH excluding ortho intramolecular Hbond substituents is 3. The van der Waals surface area contributed by atoms with Crippen LogP contribution in [-0.4, -0.2) is 73.1 Å². The third kappa shape index (κ3) is 3.59. The highest BCUT2D eigenvalue weighted by Crippen LogP contribution is 2.43. The van der Waals surface area contributed by atoms with Gasteiger partial charge in [-0.2, -0.15) is 0 Å². The van der Waals surface area contributed by atoms with E-state index in [4.69, 9.17) is 14.2 Å². The minimum atomic E-state index is -1.41. The van der Waals surface area contributed by atoms with Gasteiger partial charge in [0.1, 0.15) is 41.7 Å². The number of aliphatic hydroxyl groups excluding tert-OH is 4. The van der Waals surface area contributed by atoms with Gasteiger partial charge in [0, 0.05) is 24.1 Å². The van der Waals surface area contributed by atoms with Gasteiger partial charge in [0.05, 0.1) is 12.7 Å². The molecule has 4 rings (SSSR count). The van der Waals surface area contributed by atoms with Crippen LogP contribution >= 0.6 is 0 Å². The van der Waals surface area contributed by atoms with Crippen LogP contribution in [0, 0.1) is 0 Å². The second-order valence-electron chi connectivity index (χ2n) is 7.30. The summed E-state index contributed by atoms with van der Waals surface area (Å²) in [5.41, 5.74) is 0.757. The van der Waals surface area contributed by atoms with E-state index < -0.39 is 43.4 Å². The van der Waals surface area contributed by atoms with Crippen LogP contribution in [0.15, 0.2) is 30.3 Å². The molecule has 0 aliphatic carbocycles. The molecular formula is C20H22O10. The van der Waals surface area contributed by atoms with Crippen molar-refractivity contribution in [3.05, 3.63) is 41.5 Å². The maximum Gasteiger partial charge on any atom is 0.229 e. The molecule has 1 fully saturated rings. The molecule has 10 nitrogen and oxygen atoms in total. The maximum absolute atomic E-state index is 10.5. The van der Waals surface area contributed by atoms with Crippen molar-refractivity contribution in [1.82, 2.24) is 0 Å². The van der Waals surface area contributed by atoms with Crippen LogP contribution in [-0.2, 0) is 11.2 Å². The van der Waals surface area contributed by atoms with Crippen LogP contribution in [0.4, 0.5) is 0 Å². The van der Waals surface area contributed by atoms with E-state index in [1.807, 2.05) is 0 Å². The van der Waals surface area contributed by atoms with Crippen LogP contribution in [0.3, 0.4) is 0 Å². The van der Waals surface area contributed by atoms with Crippen molar-refractivity contribution in [3.63, 3.8) is 0 Å². The first kappa shape index (κ1) is 20.5. The van der Waals surface area contributed by atoms with Crippen molar-refractivity contribution in [3.8, 4) is 28.7 Å². The summed E-state index contributed by atoms with van der Waals surface area (Å²) < 4.78 is 16.6. The molecule has 2 heterocycles. The molecule has 2 aliphatic rings. The maximum atomic E-state index is 10.5. The summed E-state index contributed by atoms with van der Waals surface area (Å²) in [7, 11) is 0. The lowest BCUT2D eigenvalue weighted by molar-refractivity contribution is -0.116. The summed E-state index contributed by atoms with van der Waals surface area (Å²) in [5.74, 6) is -0.598. The Balaban J connectivity index is 1.59. The Kier molecular flexibility index (Phi) is 5.35. The van der Waals surface area contributed by atoms with Gasteiger partial charge in [-0.25, -0.2) is 0 Å². The smallest absolute Gasteiger partial charge is 0.229 e. The summed E-state index contributed by atoms with van der Waals surface area (Å²) in [6.07, 6.45) is -6.86. The minimum absolute atomic E-state index is 0.0571. The Morgan fingerprint density at radius 1 is 0.933 bits per heavy atom. The Hall–Kier alpha value is -2.76. The molecule has 0 amide bonds. The molecule has 2 aliphatic heterocycles. The Bertz CT molecular complexity index is 932. The number of ether oxygens (including phenoxy) is 3. The number of hydrogen-bond donors (Lipinski definition) is 7. The molecule has 0 aromatic heterocycles. The highest BCUT2D eigenvalue weighted by atomic mass is 16.7. The Labute approximate surface area is 170 Å². The van der Waals surface area contributed by atoms with Gasteiger partial charge in [-0.3, -0.25) is 0 Å². The van der Waals surface area contributed by atoms with Crippen molar-refractivity contribution in [2.75, 3.05) is 6.61 Å². The predicted molar refractivity (Wildman–Crippen MR) is 99.3 cm³/mol. The highest BCUT2D eigenvalue weighted by molar-refractivity contribution is 5.52.